The Balaban J connectivity index is 1.77. The third-order valence-electron chi connectivity index (χ3n) is 5.09. The largest absolute Gasteiger partial charge is 0.464 e. The Labute approximate surface area is 186 Å². The summed E-state index contributed by atoms with van der Waals surface area (Å²) in [5.41, 5.74) is -0.0676. The molecule has 1 saturated heterocycles. The summed E-state index contributed by atoms with van der Waals surface area (Å²) in [7, 11) is 1.21. The van der Waals surface area contributed by atoms with Gasteiger partial charge in [-0.15, -0.1) is 11.3 Å². The summed E-state index contributed by atoms with van der Waals surface area (Å²) in [5.74, 6) is -3.40. The Morgan fingerprint density at radius 1 is 1.41 bits per heavy atom. The lowest BCUT2D eigenvalue weighted by Crippen LogP contribution is -2.49. The second-order valence-corrected chi connectivity index (χ2v) is 7.98. The Kier molecular flexibility index (Phi) is 6.82. The van der Waals surface area contributed by atoms with E-state index in [0.717, 1.165) is 17.4 Å². The van der Waals surface area contributed by atoms with Gasteiger partial charge in [0.25, 0.3) is 5.91 Å². The molecule has 1 aromatic carbocycles. The van der Waals surface area contributed by atoms with Crippen molar-refractivity contribution in [2.45, 2.75) is 38.4 Å². The molecule has 1 fully saturated rings. The molecule has 1 aliphatic heterocycles. The van der Waals surface area contributed by atoms with E-state index in [1.807, 2.05) is 0 Å². The van der Waals surface area contributed by atoms with Gasteiger partial charge in [0.2, 0.25) is 6.41 Å². The van der Waals surface area contributed by atoms with Crippen LogP contribution in [-0.2, 0) is 14.3 Å². The van der Waals surface area contributed by atoms with Crippen LogP contribution in [0.15, 0.2) is 23.6 Å². The molecule has 0 aliphatic carbocycles. The van der Waals surface area contributed by atoms with E-state index >= 15 is 0 Å². The van der Waals surface area contributed by atoms with Gasteiger partial charge >= 0.3 is 12.0 Å². The van der Waals surface area contributed by atoms with Crippen LogP contribution in [0.5, 0.6) is 0 Å². The number of carbonyl (C=O) groups is 4. The molecule has 1 N–H and O–H groups in total. The van der Waals surface area contributed by atoms with E-state index in [4.69, 9.17) is 0 Å². The van der Waals surface area contributed by atoms with E-state index < -0.39 is 47.7 Å². The van der Waals surface area contributed by atoms with Crippen molar-refractivity contribution in [1.29, 1.82) is 0 Å². The van der Waals surface area contributed by atoms with Gasteiger partial charge in [0.15, 0.2) is 22.5 Å². The number of nitrogens with one attached hydrogen (secondary N) is 1. The number of hydrogen-bond donors (Lipinski definition) is 1. The highest BCUT2D eigenvalue weighted by Crippen LogP contribution is 2.32. The van der Waals surface area contributed by atoms with Crippen LogP contribution in [0.1, 0.15) is 42.4 Å². The SMILES string of the molecule is COC(=O)c1csc(N2C(=O)C(N(C=O)C(=O)NC(C)c3cccc(F)c3F)CC2C)n1. The number of halogens is 2. The van der Waals surface area contributed by atoms with Crippen LogP contribution in [-0.4, -0.2) is 53.4 Å². The molecule has 1 aliphatic rings. The monoisotopic (exact) mass is 466 g/mol. The van der Waals surface area contributed by atoms with Crippen LogP contribution in [0.2, 0.25) is 0 Å². The molecule has 0 bridgehead atoms. The molecule has 0 radical (unpaired) electrons. The number of carbonyl (C=O) groups excluding carboxylic acids is 4. The van der Waals surface area contributed by atoms with Gasteiger partial charge in [-0.25, -0.2) is 23.4 Å². The summed E-state index contributed by atoms with van der Waals surface area (Å²) >= 11 is 1.05. The average Bonchev–Trinajstić information content (AvgIpc) is 3.34. The minimum absolute atomic E-state index is 0.0341. The van der Waals surface area contributed by atoms with Crippen LogP contribution in [0, 0.1) is 11.6 Å². The maximum absolute atomic E-state index is 14.0. The first kappa shape index (κ1) is 23.3. The van der Waals surface area contributed by atoms with Crippen molar-refractivity contribution in [2.24, 2.45) is 0 Å². The van der Waals surface area contributed by atoms with E-state index in [2.05, 4.69) is 15.0 Å². The molecule has 3 unspecified atom stereocenters. The van der Waals surface area contributed by atoms with E-state index in [1.165, 1.54) is 36.4 Å². The third-order valence-corrected chi connectivity index (χ3v) is 5.93. The van der Waals surface area contributed by atoms with Crippen molar-refractivity contribution in [1.82, 2.24) is 15.2 Å². The maximum Gasteiger partial charge on any atom is 0.357 e. The predicted octanol–water partition coefficient (Wildman–Crippen LogP) is 2.63. The van der Waals surface area contributed by atoms with Crippen LogP contribution < -0.4 is 10.2 Å². The quantitative estimate of drug-likeness (QED) is 0.518. The maximum atomic E-state index is 14.0. The van der Waals surface area contributed by atoms with Crippen molar-refractivity contribution >= 4 is 40.8 Å². The number of thiazole rings is 1. The summed E-state index contributed by atoms with van der Waals surface area (Å²) in [6, 6.07) is 0.105. The second-order valence-electron chi connectivity index (χ2n) is 7.14. The van der Waals surface area contributed by atoms with Gasteiger partial charge in [-0.2, -0.15) is 0 Å². The number of benzene rings is 1. The first-order chi connectivity index (χ1) is 15.2. The lowest BCUT2D eigenvalue weighted by atomic mass is 10.1. The molecule has 2 heterocycles. The van der Waals surface area contributed by atoms with Crippen molar-refractivity contribution in [3.8, 4) is 0 Å². The molecule has 3 rings (SSSR count). The lowest BCUT2D eigenvalue weighted by molar-refractivity contribution is -0.127. The number of nitrogens with zero attached hydrogens (tertiary/aromatic N) is 3. The number of rotatable bonds is 6. The van der Waals surface area contributed by atoms with E-state index in [1.54, 1.807) is 6.92 Å². The van der Waals surface area contributed by atoms with Gasteiger partial charge < -0.3 is 10.1 Å². The third kappa shape index (κ3) is 4.31. The first-order valence-corrected chi connectivity index (χ1v) is 10.4. The van der Waals surface area contributed by atoms with Crippen molar-refractivity contribution in [3.05, 3.63) is 46.5 Å². The second kappa shape index (κ2) is 9.39. The fourth-order valence-corrected chi connectivity index (χ4v) is 4.35. The van der Waals surface area contributed by atoms with E-state index in [0.29, 0.717) is 4.90 Å². The van der Waals surface area contributed by atoms with Gasteiger partial charge in [-0.05, 0) is 26.3 Å². The highest BCUT2D eigenvalue weighted by Gasteiger charge is 2.44. The molecule has 32 heavy (non-hydrogen) atoms. The molecular formula is C20H20F2N4O5S. The minimum Gasteiger partial charge on any atom is -0.464 e. The summed E-state index contributed by atoms with van der Waals surface area (Å²) in [4.78, 5) is 55.1. The Morgan fingerprint density at radius 3 is 2.78 bits per heavy atom. The van der Waals surface area contributed by atoms with Crippen molar-refractivity contribution in [3.63, 3.8) is 0 Å². The van der Waals surface area contributed by atoms with Gasteiger partial charge in [-0.3, -0.25) is 19.4 Å². The van der Waals surface area contributed by atoms with Gasteiger partial charge in [0, 0.05) is 17.0 Å². The summed E-state index contributed by atoms with van der Waals surface area (Å²) in [6.07, 6.45) is 0.339. The number of hydrogen-bond acceptors (Lipinski definition) is 7. The molecule has 1 aromatic heterocycles. The highest BCUT2D eigenvalue weighted by molar-refractivity contribution is 7.14. The summed E-state index contributed by atoms with van der Waals surface area (Å²) < 4.78 is 32.1. The average molecular weight is 466 g/mol. The normalized spacial score (nSPS) is 18.9. The lowest BCUT2D eigenvalue weighted by Gasteiger charge is -2.24. The zero-order valence-corrected chi connectivity index (χ0v) is 18.2. The molecule has 4 amide bonds. The topological polar surface area (TPSA) is 109 Å². The number of anilines is 1. The van der Waals surface area contributed by atoms with Crippen LogP contribution in [0.25, 0.3) is 0 Å². The van der Waals surface area contributed by atoms with Crippen molar-refractivity contribution in [2.75, 3.05) is 12.0 Å². The number of ether oxygens (including phenoxy) is 1. The van der Waals surface area contributed by atoms with Gasteiger partial charge in [0.1, 0.15) is 6.04 Å². The molecule has 170 valence electrons. The Morgan fingerprint density at radius 2 is 2.12 bits per heavy atom. The summed E-state index contributed by atoms with van der Waals surface area (Å²) in [6.45, 7) is 3.14. The smallest absolute Gasteiger partial charge is 0.357 e. The number of imide groups is 1. The molecule has 12 heteroatoms. The zero-order valence-electron chi connectivity index (χ0n) is 17.4. The fraction of sp³-hybridized carbons (Fsp3) is 0.350. The minimum atomic E-state index is -1.13. The molecule has 0 saturated carbocycles. The van der Waals surface area contributed by atoms with Crippen LogP contribution in [0.3, 0.4) is 0 Å². The van der Waals surface area contributed by atoms with Gasteiger partial charge in [-0.1, -0.05) is 12.1 Å². The summed E-state index contributed by atoms with van der Waals surface area (Å²) in [5, 5.41) is 4.08. The molecule has 3 atom stereocenters. The van der Waals surface area contributed by atoms with Crippen LogP contribution >= 0.6 is 11.3 Å². The molecule has 0 spiro atoms. The van der Waals surface area contributed by atoms with Crippen LogP contribution in [0.4, 0.5) is 18.7 Å². The molecule has 9 nitrogen and oxygen atoms in total. The number of aromatic nitrogens is 1. The zero-order chi connectivity index (χ0) is 23.6. The predicted molar refractivity (Wildman–Crippen MR) is 110 cm³/mol. The molecular weight excluding hydrogens is 446 g/mol. The number of esters is 1. The van der Waals surface area contributed by atoms with Gasteiger partial charge in [0.05, 0.1) is 13.2 Å². The standard InChI is InChI=1S/C20H20F2N4O5S/c1-10-7-15(17(28)26(10)20-24-14(8-32-20)18(29)31-3)25(9-27)19(30)23-11(2)12-5-4-6-13(21)16(12)22/h4-6,8-11,15H,7H2,1-3H3,(H,23,30). The Hall–Kier alpha value is -3.41. The van der Waals surface area contributed by atoms with E-state index in [9.17, 15) is 28.0 Å². The first-order valence-electron chi connectivity index (χ1n) is 9.54. The highest BCUT2D eigenvalue weighted by atomic mass is 32.1. The van der Waals surface area contributed by atoms with Crippen molar-refractivity contribution < 1.29 is 32.7 Å². The number of urea groups is 1. The number of amides is 4. The van der Waals surface area contributed by atoms with E-state index in [-0.39, 0.29) is 29.2 Å². The molecule has 2 aromatic rings. The number of methoxy groups -OCH3 is 1. The Bertz CT molecular complexity index is 1060. The fourth-order valence-electron chi connectivity index (χ4n) is 3.45.